The highest BCUT2D eigenvalue weighted by molar-refractivity contribution is 6.27. The van der Waals surface area contributed by atoms with Crippen molar-refractivity contribution in [1.29, 1.82) is 0 Å². The predicted molar refractivity (Wildman–Crippen MR) is 187 cm³/mol. The molecule has 6 aromatic carbocycles. The number of rotatable bonds is 4. The van der Waals surface area contributed by atoms with Crippen LogP contribution in [-0.4, -0.2) is 14.4 Å². The first-order chi connectivity index (χ1) is 22.3. The van der Waals surface area contributed by atoms with Gasteiger partial charge in [0, 0.05) is 34.9 Å². The zero-order valence-electron chi connectivity index (χ0n) is 24.4. The van der Waals surface area contributed by atoms with Gasteiger partial charge in [-0.25, -0.2) is 4.98 Å². The Kier molecular flexibility index (Phi) is 5.82. The second-order valence-electron chi connectivity index (χ2n) is 11.5. The number of benzene rings is 6. The van der Waals surface area contributed by atoms with Gasteiger partial charge in [-0.15, -0.1) is 0 Å². The van der Waals surface area contributed by atoms with E-state index in [0.717, 1.165) is 27.8 Å². The van der Waals surface area contributed by atoms with Crippen molar-refractivity contribution in [3.05, 3.63) is 164 Å². The van der Waals surface area contributed by atoms with Crippen LogP contribution in [0.1, 0.15) is 0 Å². The van der Waals surface area contributed by atoms with Gasteiger partial charge >= 0.3 is 0 Å². The normalized spacial score (nSPS) is 11.6. The van der Waals surface area contributed by atoms with E-state index in [1.54, 1.807) is 0 Å². The molecule has 0 saturated carbocycles. The fourth-order valence-electron chi connectivity index (χ4n) is 6.76. The van der Waals surface area contributed by atoms with E-state index < -0.39 is 0 Å². The fraction of sp³-hybridized carbons (Fsp3) is 0. The third-order valence-corrected chi connectivity index (χ3v) is 8.86. The summed E-state index contributed by atoms with van der Waals surface area (Å²) < 4.78 is 2.06. The molecule has 210 valence electrons. The molecule has 0 unspecified atom stereocenters. The van der Waals surface area contributed by atoms with Gasteiger partial charge in [0.25, 0.3) is 0 Å². The number of hydrogen-bond acceptors (Lipinski definition) is 2. The van der Waals surface area contributed by atoms with Crippen LogP contribution in [0, 0.1) is 0 Å². The van der Waals surface area contributed by atoms with Gasteiger partial charge in [-0.3, -0.25) is 4.98 Å². The third-order valence-electron chi connectivity index (χ3n) is 8.86. The molecular weight excluding hydrogens is 546 g/mol. The third kappa shape index (κ3) is 4.21. The fourth-order valence-corrected chi connectivity index (χ4v) is 6.76. The molecule has 0 saturated heterocycles. The molecule has 0 aliphatic rings. The maximum atomic E-state index is 4.94. The van der Waals surface area contributed by atoms with Crippen LogP contribution < -0.4 is 0 Å². The molecule has 0 atom stereocenters. The molecule has 0 aliphatic carbocycles. The molecule has 3 heteroatoms. The van der Waals surface area contributed by atoms with E-state index in [2.05, 4.69) is 132 Å². The molecule has 0 fully saturated rings. The van der Waals surface area contributed by atoms with Crippen molar-refractivity contribution in [2.24, 2.45) is 0 Å². The summed E-state index contributed by atoms with van der Waals surface area (Å²) in [6.45, 7) is 0. The Morgan fingerprint density at radius 3 is 1.93 bits per heavy atom. The van der Waals surface area contributed by atoms with Crippen molar-refractivity contribution in [2.45, 2.75) is 0 Å². The smallest absolute Gasteiger partial charge is 0.137 e. The Hall–Kier alpha value is -6.06. The van der Waals surface area contributed by atoms with Crippen LogP contribution in [0.4, 0.5) is 0 Å². The largest absolute Gasteiger partial charge is 0.306 e. The van der Waals surface area contributed by atoms with Gasteiger partial charge in [-0.05, 0) is 73.8 Å². The van der Waals surface area contributed by atoms with E-state index >= 15 is 0 Å². The summed E-state index contributed by atoms with van der Waals surface area (Å²) in [6, 6.07) is 51.9. The molecule has 9 aromatic rings. The molecule has 0 N–H and O–H groups in total. The molecule has 0 aliphatic heterocycles. The minimum Gasteiger partial charge on any atom is -0.306 e. The van der Waals surface area contributed by atoms with Gasteiger partial charge in [-0.2, -0.15) is 0 Å². The highest BCUT2D eigenvalue weighted by atomic mass is 15.0. The van der Waals surface area contributed by atoms with E-state index in [0.29, 0.717) is 0 Å². The second kappa shape index (κ2) is 10.3. The topological polar surface area (TPSA) is 30.2 Å². The summed E-state index contributed by atoms with van der Waals surface area (Å²) in [4.78, 5) is 9.76. The maximum Gasteiger partial charge on any atom is 0.137 e. The van der Waals surface area contributed by atoms with E-state index in [1.165, 1.54) is 54.9 Å². The van der Waals surface area contributed by atoms with Crippen LogP contribution in [0.2, 0.25) is 0 Å². The zero-order chi connectivity index (χ0) is 29.7. The lowest BCUT2D eigenvalue weighted by Gasteiger charge is -2.19. The van der Waals surface area contributed by atoms with Crippen LogP contribution in [0.25, 0.3) is 82.7 Å². The molecule has 3 nitrogen and oxygen atoms in total. The first kappa shape index (κ1) is 25.4. The van der Waals surface area contributed by atoms with Crippen molar-refractivity contribution in [1.82, 2.24) is 14.4 Å². The van der Waals surface area contributed by atoms with Gasteiger partial charge in [0.1, 0.15) is 5.65 Å². The van der Waals surface area contributed by atoms with Crippen LogP contribution >= 0.6 is 0 Å². The lowest BCUT2D eigenvalue weighted by Crippen LogP contribution is -1.93. The lowest BCUT2D eigenvalue weighted by molar-refractivity contribution is 1.19. The molecular formula is C42H27N3. The molecule has 0 amide bonds. The van der Waals surface area contributed by atoms with E-state index in [1.807, 2.05) is 36.7 Å². The van der Waals surface area contributed by atoms with E-state index in [-0.39, 0.29) is 0 Å². The minimum atomic E-state index is 0.948. The average Bonchev–Trinajstić information content (AvgIpc) is 3.56. The van der Waals surface area contributed by atoms with E-state index in [4.69, 9.17) is 9.97 Å². The van der Waals surface area contributed by atoms with E-state index in [9.17, 15) is 0 Å². The molecule has 0 radical (unpaired) electrons. The Bertz CT molecular complexity index is 2480. The minimum absolute atomic E-state index is 0.948. The lowest BCUT2D eigenvalue weighted by atomic mass is 9.84. The molecule has 0 spiro atoms. The molecule has 9 rings (SSSR count). The Labute approximate surface area is 260 Å². The highest BCUT2D eigenvalue weighted by Crippen LogP contribution is 2.46. The number of aromatic nitrogens is 3. The number of fused-ring (bicyclic) bond motifs is 5. The number of imidazole rings is 1. The predicted octanol–water partition coefficient (Wildman–Crippen LogP) is 10.9. The van der Waals surface area contributed by atoms with Gasteiger partial charge in [-0.1, -0.05) is 121 Å². The maximum absolute atomic E-state index is 4.94. The molecule has 0 bridgehead atoms. The Morgan fingerprint density at radius 2 is 1.16 bits per heavy atom. The first-order valence-corrected chi connectivity index (χ1v) is 15.2. The van der Waals surface area contributed by atoms with Crippen molar-refractivity contribution in [3.8, 4) is 44.6 Å². The van der Waals surface area contributed by atoms with Gasteiger partial charge in [0.2, 0.25) is 0 Å². The summed E-state index contributed by atoms with van der Waals surface area (Å²) in [6.07, 6.45) is 6.02. The summed E-state index contributed by atoms with van der Waals surface area (Å²) in [5.41, 5.74) is 11.2. The van der Waals surface area contributed by atoms with Crippen LogP contribution in [0.3, 0.4) is 0 Å². The summed E-state index contributed by atoms with van der Waals surface area (Å²) in [7, 11) is 0. The summed E-state index contributed by atoms with van der Waals surface area (Å²) >= 11 is 0. The standard InChI is InChI=1S/C42H27N3/c1-3-10-30(11-4-1)39-35-23-20-32-14-9-24-43-42(32)41(35)40(31-12-5-2-6-13-31)34-22-21-33(26-36(34)39)28-16-18-29(19-17-28)37-27-45-25-8-7-15-38(45)44-37/h1-27H. The molecule has 45 heavy (non-hydrogen) atoms. The van der Waals surface area contributed by atoms with Crippen LogP contribution in [0.5, 0.6) is 0 Å². The van der Waals surface area contributed by atoms with Crippen LogP contribution in [0.15, 0.2) is 164 Å². The Morgan fingerprint density at radius 1 is 0.467 bits per heavy atom. The monoisotopic (exact) mass is 573 g/mol. The second-order valence-corrected chi connectivity index (χ2v) is 11.5. The van der Waals surface area contributed by atoms with Crippen molar-refractivity contribution in [3.63, 3.8) is 0 Å². The zero-order valence-corrected chi connectivity index (χ0v) is 24.4. The quantitative estimate of drug-likeness (QED) is 0.155. The molecule has 3 heterocycles. The number of pyridine rings is 2. The number of nitrogens with zero attached hydrogens (tertiary/aromatic N) is 3. The van der Waals surface area contributed by atoms with Crippen molar-refractivity contribution >= 4 is 38.1 Å². The summed E-state index contributed by atoms with van der Waals surface area (Å²) in [5, 5.41) is 5.98. The number of hydrogen-bond donors (Lipinski definition) is 0. The average molecular weight is 574 g/mol. The van der Waals surface area contributed by atoms with Gasteiger partial charge < -0.3 is 4.40 Å². The SMILES string of the molecule is c1ccc(-c2c3cc(-c4ccc(-c5cn6ccccc6n5)cc4)ccc3c(-c3ccccc3)c3c2ccc2cccnc23)cc1. The molecule has 3 aromatic heterocycles. The highest BCUT2D eigenvalue weighted by Gasteiger charge is 2.20. The van der Waals surface area contributed by atoms with Crippen molar-refractivity contribution in [2.75, 3.05) is 0 Å². The van der Waals surface area contributed by atoms with Crippen LogP contribution in [-0.2, 0) is 0 Å². The first-order valence-electron chi connectivity index (χ1n) is 15.2. The Balaban J connectivity index is 1.31. The summed E-state index contributed by atoms with van der Waals surface area (Å²) in [5.74, 6) is 0. The van der Waals surface area contributed by atoms with Gasteiger partial charge in [0.15, 0.2) is 0 Å². The van der Waals surface area contributed by atoms with Gasteiger partial charge in [0.05, 0.1) is 11.2 Å². The van der Waals surface area contributed by atoms with Crippen molar-refractivity contribution < 1.29 is 0 Å².